The van der Waals surface area contributed by atoms with Gasteiger partial charge in [0.05, 0.1) is 5.02 Å². The predicted molar refractivity (Wildman–Crippen MR) is 127 cm³/mol. The lowest BCUT2D eigenvalue weighted by molar-refractivity contribution is 0.378. The first-order valence-corrected chi connectivity index (χ1v) is 12.0. The highest BCUT2D eigenvalue weighted by Crippen LogP contribution is 2.32. The van der Waals surface area contributed by atoms with Crippen molar-refractivity contribution in [3.05, 3.63) is 58.7 Å². The summed E-state index contributed by atoms with van der Waals surface area (Å²) in [6, 6.07) is 9.14. The summed E-state index contributed by atoms with van der Waals surface area (Å²) in [5.41, 5.74) is 1.71. The highest BCUT2D eigenvalue weighted by Gasteiger charge is 2.18. The number of pyridine rings is 1. The van der Waals surface area contributed by atoms with Crippen LogP contribution in [0.25, 0.3) is 22.8 Å². The standard InChI is InChI=1S/C22H22Cl2N6OS/c1-14(2)13-30-21(17-6-5-16(23)12-18(17)24)27-28-22(30)32-11-3-4-19-26-20(29-31-19)15-7-9-25-10-8-15/h5-10,12,14H,3-4,11,13H2,1-2H3. The number of nitrogens with zero attached hydrogens (tertiary/aromatic N) is 6. The molecule has 3 aromatic heterocycles. The molecule has 10 heteroatoms. The molecule has 4 rings (SSSR count). The zero-order chi connectivity index (χ0) is 22.5. The Morgan fingerprint density at radius 2 is 1.91 bits per heavy atom. The van der Waals surface area contributed by atoms with Crippen molar-refractivity contribution in [2.24, 2.45) is 5.92 Å². The van der Waals surface area contributed by atoms with Crippen molar-refractivity contribution in [1.29, 1.82) is 0 Å². The van der Waals surface area contributed by atoms with Gasteiger partial charge in [0.15, 0.2) is 11.0 Å². The Hall–Kier alpha value is -2.42. The van der Waals surface area contributed by atoms with Gasteiger partial charge < -0.3 is 9.09 Å². The van der Waals surface area contributed by atoms with Gasteiger partial charge in [-0.05, 0) is 42.7 Å². The van der Waals surface area contributed by atoms with Gasteiger partial charge in [0.2, 0.25) is 11.7 Å². The fraction of sp³-hybridized carbons (Fsp3) is 0.318. The quantitative estimate of drug-likeness (QED) is 0.208. The minimum Gasteiger partial charge on any atom is -0.339 e. The first kappa shape index (κ1) is 22.8. The first-order valence-electron chi connectivity index (χ1n) is 10.3. The van der Waals surface area contributed by atoms with E-state index in [1.54, 1.807) is 30.2 Å². The van der Waals surface area contributed by atoms with Crippen molar-refractivity contribution in [1.82, 2.24) is 29.9 Å². The molecule has 0 spiro atoms. The molecule has 1 aromatic carbocycles. The predicted octanol–water partition coefficient (Wildman–Crippen LogP) is 6.08. The van der Waals surface area contributed by atoms with Crippen molar-refractivity contribution in [2.45, 2.75) is 38.4 Å². The molecule has 4 aromatic rings. The minimum absolute atomic E-state index is 0.431. The van der Waals surface area contributed by atoms with Crippen LogP contribution in [0.15, 0.2) is 52.4 Å². The van der Waals surface area contributed by atoms with Gasteiger partial charge in [-0.15, -0.1) is 10.2 Å². The van der Waals surface area contributed by atoms with E-state index in [9.17, 15) is 0 Å². The SMILES string of the molecule is CC(C)Cn1c(SCCCc2nc(-c3ccncc3)no2)nnc1-c1ccc(Cl)cc1Cl. The molecular weight excluding hydrogens is 467 g/mol. The van der Waals surface area contributed by atoms with Gasteiger partial charge in [-0.25, -0.2) is 0 Å². The van der Waals surface area contributed by atoms with Crippen molar-refractivity contribution < 1.29 is 4.52 Å². The highest BCUT2D eigenvalue weighted by atomic mass is 35.5. The number of aryl methyl sites for hydroxylation is 1. The molecule has 166 valence electrons. The van der Waals surface area contributed by atoms with Gasteiger partial charge in [0.1, 0.15) is 0 Å². The van der Waals surface area contributed by atoms with Crippen LogP contribution in [-0.4, -0.2) is 35.6 Å². The molecule has 0 saturated heterocycles. The molecule has 0 N–H and O–H groups in total. The number of benzene rings is 1. The molecule has 3 heterocycles. The maximum atomic E-state index is 6.42. The second-order valence-corrected chi connectivity index (χ2v) is 9.54. The van der Waals surface area contributed by atoms with Gasteiger partial charge in [0, 0.05) is 47.3 Å². The highest BCUT2D eigenvalue weighted by molar-refractivity contribution is 7.99. The van der Waals surface area contributed by atoms with Crippen molar-refractivity contribution >= 4 is 35.0 Å². The Kier molecular flexibility index (Phi) is 7.44. The lowest BCUT2D eigenvalue weighted by Crippen LogP contribution is -2.08. The van der Waals surface area contributed by atoms with E-state index in [2.05, 4.69) is 43.7 Å². The van der Waals surface area contributed by atoms with E-state index in [1.165, 1.54) is 0 Å². The van der Waals surface area contributed by atoms with Crippen LogP contribution in [-0.2, 0) is 13.0 Å². The second kappa shape index (κ2) is 10.5. The average Bonchev–Trinajstić information content (AvgIpc) is 3.39. The third-order valence-electron chi connectivity index (χ3n) is 4.61. The lowest BCUT2D eigenvalue weighted by atomic mass is 10.2. The third-order valence-corrected chi connectivity index (χ3v) is 6.21. The minimum atomic E-state index is 0.431. The average molecular weight is 489 g/mol. The van der Waals surface area contributed by atoms with Crippen molar-refractivity contribution in [3.8, 4) is 22.8 Å². The summed E-state index contributed by atoms with van der Waals surface area (Å²) in [5.74, 6) is 3.23. The molecule has 7 nitrogen and oxygen atoms in total. The van der Waals surface area contributed by atoms with Crippen LogP contribution < -0.4 is 0 Å². The van der Waals surface area contributed by atoms with Crippen LogP contribution in [0, 0.1) is 5.92 Å². The van der Waals surface area contributed by atoms with Crippen LogP contribution in [0.1, 0.15) is 26.2 Å². The summed E-state index contributed by atoms with van der Waals surface area (Å²) in [5, 5.41) is 14.9. The molecular formula is C22H22Cl2N6OS. The summed E-state index contributed by atoms with van der Waals surface area (Å²) < 4.78 is 7.51. The lowest BCUT2D eigenvalue weighted by Gasteiger charge is -2.13. The van der Waals surface area contributed by atoms with E-state index in [-0.39, 0.29) is 0 Å². The second-order valence-electron chi connectivity index (χ2n) is 7.63. The topological polar surface area (TPSA) is 82.5 Å². The smallest absolute Gasteiger partial charge is 0.226 e. The summed E-state index contributed by atoms with van der Waals surface area (Å²) in [4.78, 5) is 8.48. The Balaban J connectivity index is 1.41. The largest absolute Gasteiger partial charge is 0.339 e. The van der Waals surface area contributed by atoms with E-state index in [1.807, 2.05) is 24.3 Å². The fourth-order valence-corrected chi connectivity index (χ4v) is 4.54. The maximum absolute atomic E-state index is 6.42. The molecule has 0 radical (unpaired) electrons. The van der Waals surface area contributed by atoms with Crippen molar-refractivity contribution in [3.63, 3.8) is 0 Å². The summed E-state index contributed by atoms with van der Waals surface area (Å²) in [6.45, 7) is 5.12. The van der Waals surface area contributed by atoms with Crippen LogP contribution in [0.3, 0.4) is 0 Å². The van der Waals surface area contributed by atoms with Gasteiger partial charge >= 0.3 is 0 Å². The number of hydrogen-bond acceptors (Lipinski definition) is 7. The molecule has 0 saturated carbocycles. The molecule has 0 unspecified atom stereocenters. The molecule has 0 fully saturated rings. The normalized spacial score (nSPS) is 11.4. The Morgan fingerprint density at radius 3 is 2.66 bits per heavy atom. The third kappa shape index (κ3) is 5.49. The van der Waals surface area contributed by atoms with Crippen LogP contribution in [0.4, 0.5) is 0 Å². The number of aromatic nitrogens is 6. The molecule has 0 aliphatic carbocycles. The fourth-order valence-electron chi connectivity index (χ4n) is 3.16. The van der Waals surface area contributed by atoms with Gasteiger partial charge in [-0.2, -0.15) is 4.98 Å². The molecule has 0 bridgehead atoms. The van der Waals surface area contributed by atoms with Gasteiger partial charge in [0.25, 0.3) is 0 Å². The zero-order valence-corrected chi connectivity index (χ0v) is 20.0. The maximum Gasteiger partial charge on any atom is 0.226 e. The summed E-state index contributed by atoms with van der Waals surface area (Å²) in [6.07, 6.45) is 4.98. The molecule has 0 aliphatic heterocycles. The van der Waals surface area contributed by atoms with E-state index in [0.717, 1.165) is 40.8 Å². The van der Waals surface area contributed by atoms with E-state index in [4.69, 9.17) is 27.7 Å². The van der Waals surface area contributed by atoms with Gasteiger partial charge in [-0.1, -0.05) is 54.0 Å². The molecule has 32 heavy (non-hydrogen) atoms. The van der Waals surface area contributed by atoms with Crippen LogP contribution in [0.2, 0.25) is 10.0 Å². The van der Waals surface area contributed by atoms with Crippen LogP contribution in [0.5, 0.6) is 0 Å². The van der Waals surface area contributed by atoms with E-state index < -0.39 is 0 Å². The Labute approximate surface area is 200 Å². The first-order chi connectivity index (χ1) is 15.5. The number of hydrogen-bond donors (Lipinski definition) is 0. The monoisotopic (exact) mass is 488 g/mol. The van der Waals surface area contributed by atoms with Crippen molar-refractivity contribution in [2.75, 3.05) is 5.75 Å². The molecule has 0 atom stereocenters. The Morgan fingerprint density at radius 1 is 1.09 bits per heavy atom. The molecule has 0 aliphatic rings. The van der Waals surface area contributed by atoms with E-state index in [0.29, 0.717) is 34.1 Å². The van der Waals surface area contributed by atoms with Crippen LogP contribution >= 0.6 is 35.0 Å². The number of thioether (sulfide) groups is 1. The number of halogens is 2. The number of rotatable bonds is 9. The molecule has 0 amide bonds. The summed E-state index contributed by atoms with van der Waals surface area (Å²) >= 11 is 14.1. The zero-order valence-electron chi connectivity index (χ0n) is 17.7. The Bertz CT molecular complexity index is 1180. The van der Waals surface area contributed by atoms with Gasteiger partial charge in [-0.3, -0.25) is 4.98 Å². The summed E-state index contributed by atoms with van der Waals surface area (Å²) in [7, 11) is 0. The van der Waals surface area contributed by atoms with E-state index >= 15 is 0 Å².